The third kappa shape index (κ3) is 4.46. The van der Waals surface area contributed by atoms with Crippen LogP contribution in [0.15, 0.2) is 29.2 Å². The maximum Gasteiger partial charge on any atom is 0.331 e. The van der Waals surface area contributed by atoms with Crippen LogP contribution in [0.25, 0.3) is 11.4 Å². The van der Waals surface area contributed by atoms with Gasteiger partial charge in [-0.05, 0) is 24.5 Å². The van der Waals surface area contributed by atoms with Crippen LogP contribution in [-0.2, 0) is 33.7 Å². The number of anilines is 1. The first-order chi connectivity index (χ1) is 18.5. The van der Waals surface area contributed by atoms with Crippen molar-refractivity contribution in [3.63, 3.8) is 0 Å². The number of cyclic esters (lactones) is 1. The van der Waals surface area contributed by atoms with Gasteiger partial charge in [0.2, 0.25) is 5.78 Å². The van der Waals surface area contributed by atoms with Crippen LogP contribution >= 0.6 is 0 Å². The smallest absolute Gasteiger partial charge is 0.331 e. The number of carbonyl (C=O) groups is 3. The van der Waals surface area contributed by atoms with E-state index >= 15 is 0 Å². The summed E-state index contributed by atoms with van der Waals surface area (Å²) < 4.78 is 7.86. The van der Waals surface area contributed by atoms with E-state index in [4.69, 9.17) is 4.74 Å². The standard InChI is InChI=1S/C26H29N7O5/c1-3-17-6-5-8-27-21(17)24(36)31-11-9-30(10-12-31)22-19(4-2)32(13-14-34)26-28-23(29-33(26)25(22)37)18-7-15-38-20(35)16-18/h5-6,8,14,16H,3-4,7,9-13,15H2,1-2H3. The molecule has 0 aromatic carbocycles. The molecule has 3 aromatic rings. The fraction of sp³-hybridized carbons (Fsp3) is 0.423. The molecule has 2 aliphatic heterocycles. The highest BCUT2D eigenvalue weighted by Gasteiger charge is 2.29. The summed E-state index contributed by atoms with van der Waals surface area (Å²) in [7, 11) is 0. The van der Waals surface area contributed by atoms with Crippen LogP contribution in [0, 0.1) is 0 Å². The van der Waals surface area contributed by atoms with Crippen molar-refractivity contribution in [1.29, 1.82) is 0 Å². The maximum absolute atomic E-state index is 13.8. The quantitative estimate of drug-likeness (QED) is 0.330. The predicted molar refractivity (Wildman–Crippen MR) is 138 cm³/mol. The molecule has 0 unspecified atom stereocenters. The molecule has 1 saturated heterocycles. The van der Waals surface area contributed by atoms with Crippen molar-refractivity contribution in [2.24, 2.45) is 0 Å². The first-order valence-electron chi connectivity index (χ1n) is 12.8. The van der Waals surface area contributed by atoms with Crippen molar-refractivity contribution in [2.75, 3.05) is 37.7 Å². The number of carbonyl (C=O) groups excluding carboxylic acids is 3. The molecule has 1 fully saturated rings. The zero-order chi connectivity index (χ0) is 26.8. The van der Waals surface area contributed by atoms with E-state index < -0.39 is 5.97 Å². The van der Waals surface area contributed by atoms with Crippen molar-refractivity contribution in [3.05, 3.63) is 57.5 Å². The van der Waals surface area contributed by atoms with Gasteiger partial charge in [-0.15, -0.1) is 5.10 Å². The Kier molecular flexibility index (Phi) is 7.03. The molecule has 12 nitrogen and oxygen atoms in total. The van der Waals surface area contributed by atoms with Gasteiger partial charge in [0.1, 0.15) is 17.7 Å². The number of hydrogen-bond donors (Lipinski definition) is 0. The second-order valence-electron chi connectivity index (χ2n) is 9.11. The Morgan fingerprint density at radius 1 is 1.13 bits per heavy atom. The summed E-state index contributed by atoms with van der Waals surface area (Å²) in [4.78, 5) is 62.9. The molecule has 198 valence electrons. The van der Waals surface area contributed by atoms with Gasteiger partial charge in [0.25, 0.3) is 11.5 Å². The number of aldehydes is 1. The van der Waals surface area contributed by atoms with E-state index in [9.17, 15) is 19.2 Å². The number of aryl methyl sites for hydroxylation is 1. The first kappa shape index (κ1) is 25.3. The van der Waals surface area contributed by atoms with E-state index in [1.807, 2.05) is 30.9 Å². The molecule has 0 saturated carbocycles. The second-order valence-corrected chi connectivity index (χ2v) is 9.11. The molecule has 2 aliphatic rings. The second kappa shape index (κ2) is 10.6. The van der Waals surface area contributed by atoms with Gasteiger partial charge in [0.15, 0.2) is 5.82 Å². The van der Waals surface area contributed by atoms with E-state index in [1.54, 1.807) is 15.7 Å². The third-order valence-corrected chi connectivity index (χ3v) is 6.97. The summed E-state index contributed by atoms with van der Waals surface area (Å²) in [5, 5.41) is 4.43. The van der Waals surface area contributed by atoms with Crippen LogP contribution in [0.2, 0.25) is 0 Å². The van der Waals surface area contributed by atoms with E-state index in [1.165, 1.54) is 10.6 Å². The normalized spacial score (nSPS) is 15.9. The Morgan fingerprint density at radius 3 is 2.61 bits per heavy atom. The van der Waals surface area contributed by atoms with Crippen molar-refractivity contribution in [3.8, 4) is 0 Å². The van der Waals surface area contributed by atoms with Crippen LogP contribution in [-0.4, -0.2) is 80.0 Å². The molecular formula is C26H29N7O5. The van der Waals surface area contributed by atoms with E-state index in [-0.39, 0.29) is 36.2 Å². The summed E-state index contributed by atoms with van der Waals surface area (Å²) in [5.41, 5.74) is 2.70. The van der Waals surface area contributed by atoms with Crippen LogP contribution < -0.4 is 10.5 Å². The lowest BCUT2D eigenvalue weighted by Gasteiger charge is -2.36. The van der Waals surface area contributed by atoms with Gasteiger partial charge >= 0.3 is 5.97 Å². The Balaban J connectivity index is 1.50. The lowest BCUT2D eigenvalue weighted by Crippen LogP contribution is -2.51. The molecule has 5 rings (SSSR count). The Morgan fingerprint density at radius 2 is 1.92 bits per heavy atom. The molecule has 0 radical (unpaired) electrons. The lowest BCUT2D eigenvalue weighted by molar-refractivity contribution is -0.138. The van der Waals surface area contributed by atoms with Gasteiger partial charge in [-0.25, -0.2) is 4.79 Å². The molecule has 5 heterocycles. The first-order valence-corrected chi connectivity index (χ1v) is 12.8. The number of nitrogens with zero attached hydrogens (tertiary/aromatic N) is 7. The third-order valence-electron chi connectivity index (χ3n) is 6.97. The van der Waals surface area contributed by atoms with Crippen molar-refractivity contribution >= 4 is 35.2 Å². The summed E-state index contributed by atoms with van der Waals surface area (Å²) in [6.45, 7) is 5.84. The van der Waals surface area contributed by atoms with Gasteiger partial charge in [-0.1, -0.05) is 19.9 Å². The molecule has 1 amide bonds. The zero-order valence-corrected chi connectivity index (χ0v) is 21.4. The van der Waals surface area contributed by atoms with Crippen LogP contribution in [0.1, 0.15) is 47.8 Å². The summed E-state index contributed by atoms with van der Waals surface area (Å²) in [6, 6.07) is 3.74. The van der Waals surface area contributed by atoms with Gasteiger partial charge in [-0.2, -0.15) is 9.50 Å². The average Bonchev–Trinajstić information content (AvgIpc) is 3.40. The molecule has 0 N–H and O–H groups in total. The molecule has 0 atom stereocenters. The van der Waals surface area contributed by atoms with E-state index in [2.05, 4.69) is 15.1 Å². The molecular weight excluding hydrogens is 490 g/mol. The van der Waals surface area contributed by atoms with Crippen LogP contribution in [0.3, 0.4) is 0 Å². The Labute approximate surface area is 218 Å². The van der Waals surface area contributed by atoms with Crippen molar-refractivity contribution < 1.29 is 19.1 Å². The molecule has 0 bridgehead atoms. The monoisotopic (exact) mass is 519 g/mol. The molecule has 3 aromatic heterocycles. The highest BCUT2D eigenvalue weighted by molar-refractivity contribution is 5.94. The highest BCUT2D eigenvalue weighted by Crippen LogP contribution is 2.24. The number of fused-ring (bicyclic) bond motifs is 1. The van der Waals surface area contributed by atoms with Crippen molar-refractivity contribution in [2.45, 2.75) is 39.7 Å². The lowest BCUT2D eigenvalue weighted by atomic mass is 10.1. The number of hydrogen-bond acceptors (Lipinski definition) is 9. The van der Waals surface area contributed by atoms with Crippen molar-refractivity contribution in [1.82, 2.24) is 29.0 Å². The number of pyridine rings is 1. The van der Waals surface area contributed by atoms with Gasteiger partial charge in [0.05, 0.1) is 18.8 Å². The van der Waals surface area contributed by atoms with E-state index in [0.29, 0.717) is 68.1 Å². The minimum atomic E-state index is -0.479. The average molecular weight is 520 g/mol. The van der Waals surface area contributed by atoms with Gasteiger partial charge in [-0.3, -0.25) is 14.6 Å². The topological polar surface area (TPSA) is 132 Å². The molecule has 0 spiro atoms. The van der Waals surface area contributed by atoms with Gasteiger partial charge < -0.3 is 23.9 Å². The fourth-order valence-corrected chi connectivity index (χ4v) is 5.06. The molecule has 12 heteroatoms. The number of amides is 1. The minimum absolute atomic E-state index is 0.00288. The summed E-state index contributed by atoms with van der Waals surface area (Å²) in [6.07, 6.45) is 5.34. The van der Waals surface area contributed by atoms with Crippen LogP contribution in [0.5, 0.6) is 0 Å². The fourth-order valence-electron chi connectivity index (χ4n) is 5.06. The Bertz CT molecular complexity index is 1500. The summed E-state index contributed by atoms with van der Waals surface area (Å²) in [5.74, 6) is -0.0946. The highest BCUT2D eigenvalue weighted by atomic mass is 16.5. The van der Waals surface area contributed by atoms with E-state index in [0.717, 1.165) is 11.8 Å². The number of aromatic nitrogens is 5. The van der Waals surface area contributed by atoms with Crippen LogP contribution in [0.4, 0.5) is 5.69 Å². The predicted octanol–water partition coefficient (Wildman–Crippen LogP) is 0.902. The number of esters is 1. The molecule has 0 aliphatic carbocycles. The zero-order valence-electron chi connectivity index (χ0n) is 21.4. The van der Waals surface area contributed by atoms with Gasteiger partial charge in [0, 0.05) is 50.4 Å². The molecule has 38 heavy (non-hydrogen) atoms. The minimum Gasteiger partial charge on any atom is -0.462 e. The number of rotatable bonds is 7. The summed E-state index contributed by atoms with van der Waals surface area (Å²) >= 11 is 0. The number of ether oxygens (including phenoxy) is 1. The number of piperazine rings is 1. The maximum atomic E-state index is 13.8. The largest absolute Gasteiger partial charge is 0.462 e. The Hall–Kier alpha value is -4.35. The SMILES string of the molecule is CCc1cccnc1C(=O)N1CCN(c2c(CC)n(CC=O)c3nc(C4=CC(=O)OCC4)nn3c2=O)CC1.